The molecule has 2 aromatic carbocycles. The molecule has 3 rings (SSSR count). The van der Waals surface area contributed by atoms with Crippen LogP contribution in [0.25, 0.3) is 0 Å². The summed E-state index contributed by atoms with van der Waals surface area (Å²) < 4.78 is 31.9. The van der Waals surface area contributed by atoms with Crippen LogP contribution in [0.3, 0.4) is 0 Å². The van der Waals surface area contributed by atoms with Crippen molar-refractivity contribution in [3.63, 3.8) is 0 Å². The Morgan fingerprint density at radius 3 is 2.26 bits per heavy atom. The summed E-state index contributed by atoms with van der Waals surface area (Å²) in [6.45, 7) is 12.2. The highest BCUT2D eigenvalue weighted by molar-refractivity contribution is 6.06. The number of fused-ring (bicyclic) bond motifs is 1. The maximum absolute atomic E-state index is 15.3. The summed E-state index contributed by atoms with van der Waals surface area (Å²) in [5.74, 6) is -0.467. The minimum Gasteiger partial charge on any atom is -0.504 e. The van der Waals surface area contributed by atoms with Gasteiger partial charge in [0.15, 0.2) is 34.6 Å². The van der Waals surface area contributed by atoms with Crippen LogP contribution in [0.1, 0.15) is 68.6 Å². The molecule has 1 aliphatic heterocycles. The molecule has 184 valence electrons. The van der Waals surface area contributed by atoms with Crippen molar-refractivity contribution in [2.45, 2.75) is 53.5 Å². The standard InChI is InChI=1S/C26H33FN2O5/c1-7-32-19-11-15(10-17(23(19)31)26(4,5)6)18(30)14-29-13-16-12-20(33-8-2)24(34-9-3)22(27)21(16)25(29)28/h10-12,28,31H,7-9,13-14H2,1-6H3. The van der Waals surface area contributed by atoms with E-state index in [1.165, 1.54) is 11.0 Å². The minimum absolute atomic E-state index is 0.0150. The zero-order chi connectivity index (χ0) is 25.2. The molecule has 0 spiro atoms. The Morgan fingerprint density at radius 1 is 1.06 bits per heavy atom. The second kappa shape index (κ2) is 9.91. The molecule has 1 heterocycles. The number of carbonyl (C=O) groups excluding carboxylic acids is 1. The van der Waals surface area contributed by atoms with Crippen LogP contribution in [0.4, 0.5) is 4.39 Å². The highest BCUT2D eigenvalue weighted by Crippen LogP contribution is 2.40. The molecule has 0 atom stereocenters. The van der Waals surface area contributed by atoms with E-state index in [1.807, 2.05) is 20.8 Å². The maximum atomic E-state index is 15.3. The van der Waals surface area contributed by atoms with Gasteiger partial charge in [0.25, 0.3) is 0 Å². The zero-order valence-electron chi connectivity index (χ0n) is 20.7. The number of phenolic OH excluding ortho intramolecular Hbond substituents is 1. The van der Waals surface area contributed by atoms with Gasteiger partial charge in [0.1, 0.15) is 5.84 Å². The number of ketones is 1. The molecule has 0 saturated carbocycles. The van der Waals surface area contributed by atoms with Gasteiger partial charge in [0.05, 0.1) is 31.9 Å². The van der Waals surface area contributed by atoms with Gasteiger partial charge in [0, 0.05) is 17.7 Å². The SMILES string of the molecule is CCOc1cc(C(=O)CN2Cc3cc(OCC)c(OCC)c(F)c3C2=N)cc(C(C)(C)C)c1O. The fourth-order valence-electron chi connectivity index (χ4n) is 4.03. The van der Waals surface area contributed by atoms with E-state index in [0.717, 1.165) is 0 Å². The molecule has 0 saturated heterocycles. The van der Waals surface area contributed by atoms with Crippen LogP contribution in [0, 0.1) is 11.2 Å². The van der Waals surface area contributed by atoms with E-state index in [4.69, 9.17) is 19.6 Å². The van der Waals surface area contributed by atoms with Crippen LogP contribution in [0.5, 0.6) is 23.0 Å². The predicted molar refractivity (Wildman–Crippen MR) is 128 cm³/mol. The second-order valence-corrected chi connectivity index (χ2v) is 9.10. The van der Waals surface area contributed by atoms with E-state index in [9.17, 15) is 9.90 Å². The van der Waals surface area contributed by atoms with Gasteiger partial charge in [-0.05, 0) is 49.9 Å². The third-order valence-electron chi connectivity index (χ3n) is 5.61. The quantitative estimate of drug-likeness (QED) is 0.496. The predicted octanol–water partition coefficient (Wildman–Crippen LogP) is 5.05. The molecule has 1 aliphatic rings. The summed E-state index contributed by atoms with van der Waals surface area (Å²) in [5, 5.41) is 19.2. The Kier molecular flexibility index (Phi) is 7.38. The van der Waals surface area contributed by atoms with Gasteiger partial charge in [-0.2, -0.15) is 0 Å². The molecule has 2 aromatic rings. The largest absolute Gasteiger partial charge is 0.504 e. The monoisotopic (exact) mass is 472 g/mol. The van der Waals surface area contributed by atoms with Crippen molar-refractivity contribution in [2.75, 3.05) is 26.4 Å². The topological polar surface area (TPSA) is 92.1 Å². The number of hydrogen-bond donors (Lipinski definition) is 2. The lowest BCUT2D eigenvalue weighted by atomic mass is 9.84. The van der Waals surface area contributed by atoms with Crippen LogP contribution < -0.4 is 14.2 Å². The van der Waals surface area contributed by atoms with E-state index in [0.29, 0.717) is 29.9 Å². The average molecular weight is 473 g/mol. The van der Waals surface area contributed by atoms with Crippen molar-refractivity contribution in [3.8, 4) is 23.0 Å². The van der Waals surface area contributed by atoms with Crippen LogP contribution in [0.15, 0.2) is 18.2 Å². The van der Waals surface area contributed by atoms with Gasteiger partial charge in [-0.15, -0.1) is 0 Å². The van der Waals surface area contributed by atoms with Crippen LogP contribution in [0.2, 0.25) is 0 Å². The normalized spacial score (nSPS) is 13.1. The number of nitrogens with one attached hydrogen (secondary N) is 1. The van der Waals surface area contributed by atoms with Crippen molar-refractivity contribution in [1.82, 2.24) is 4.90 Å². The highest BCUT2D eigenvalue weighted by Gasteiger charge is 2.33. The van der Waals surface area contributed by atoms with Crippen molar-refractivity contribution >= 4 is 11.6 Å². The summed E-state index contributed by atoms with van der Waals surface area (Å²) in [6, 6.07) is 4.86. The first-order valence-corrected chi connectivity index (χ1v) is 11.5. The van der Waals surface area contributed by atoms with Crippen molar-refractivity contribution in [2.24, 2.45) is 0 Å². The third-order valence-corrected chi connectivity index (χ3v) is 5.61. The molecule has 8 heteroatoms. The number of halogens is 1. The molecule has 7 nitrogen and oxygen atoms in total. The van der Waals surface area contributed by atoms with Gasteiger partial charge in [0.2, 0.25) is 0 Å². The molecule has 0 unspecified atom stereocenters. The van der Waals surface area contributed by atoms with Gasteiger partial charge >= 0.3 is 0 Å². The number of Topliss-reactive ketones (excluding diaryl/α,β-unsaturated/α-hetero) is 1. The molecule has 0 bridgehead atoms. The minimum atomic E-state index is -0.652. The van der Waals surface area contributed by atoms with E-state index in [-0.39, 0.29) is 59.9 Å². The molecule has 0 fully saturated rings. The molecule has 0 amide bonds. The number of nitrogens with zero attached hydrogens (tertiary/aromatic N) is 1. The Balaban J connectivity index is 1.93. The smallest absolute Gasteiger partial charge is 0.197 e. The highest BCUT2D eigenvalue weighted by atomic mass is 19.1. The van der Waals surface area contributed by atoms with E-state index in [1.54, 1.807) is 32.9 Å². The molecular weight excluding hydrogens is 439 g/mol. The van der Waals surface area contributed by atoms with E-state index in [2.05, 4.69) is 0 Å². The molecule has 0 aliphatic carbocycles. The lowest BCUT2D eigenvalue weighted by Gasteiger charge is -2.23. The van der Waals surface area contributed by atoms with E-state index < -0.39 is 11.2 Å². The van der Waals surface area contributed by atoms with E-state index >= 15 is 4.39 Å². The number of hydrogen-bond acceptors (Lipinski definition) is 6. The fourth-order valence-corrected chi connectivity index (χ4v) is 4.03. The zero-order valence-corrected chi connectivity index (χ0v) is 20.7. The third kappa shape index (κ3) is 4.81. The Bertz CT molecular complexity index is 1110. The second-order valence-electron chi connectivity index (χ2n) is 9.10. The Labute approximate surface area is 199 Å². The molecular formula is C26H33FN2O5. The lowest BCUT2D eigenvalue weighted by Crippen LogP contribution is -2.30. The fraction of sp³-hybridized carbons (Fsp3) is 0.462. The first kappa shape index (κ1) is 25.3. The first-order chi connectivity index (χ1) is 16.0. The summed E-state index contributed by atoms with van der Waals surface area (Å²) in [4.78, 5) is 14.8. The van der Waals surface area contributed by atoms with Crippen molar-refractivity contribution < 1.29 is 28.5 Å². The summed E-state index contributed by atoms with van der Waals surface area (Å²) >= 11 is 0. The molecule has 34 heavy (non-hydrogen) atoms. The van der Waals surface area contributed by atoms with Gasteiger partial charge < -0.3 is 24.2 Å². The Morgan fingerprint density at radius 2 is 1.68 bits per heavy atom. The first-order valence-electron chi connectivity index (χ1n) is 11.5. The van der Waals surface area contributed by atoms with Crippen molar-refractivity contribution in [3.05, 3.63) is 46.3 Å². The number of benzene rings is 2. The number of aromatic hydroxyl groups is 1. The summed E-state index contributed by atoms with van der Waals surface area (Å²) in [7, 11) is 0. The number of amidine groups is 1. The van der Waals surface area contributed by atoms with Crippen LogP contribution in [-0.4, -0.2) is 48.0 Å². The number of rotatable bonds is 9. The van der Waals surface area contributed by atoms with Gasteiger partial charge in [-0.3, -0.25) is 10.2 Å². The summed E-state index contributed by atoms with van der Waals surface area (Å²) in [5.41, 5.74) is 1.22. The summed E-state index contributed by atoms with van der Waals surface area (Å²) in [6.07, 6.45) is 0. The average Bonchev–Trinajstić information content (AvgIpc) is 3.06. The van der Waals surface area contributed by atoms with Crippen LogP contribution in [-0.2, 0) is 12.0 Å². The number of ether oxygens (including phenoxy) is 3. The molecule has 2 N–H and O–H groups in total. The van der Waals surface area contributed by atoms with Gasteiger partial charge in [-0.25, -0.2) is 4.39 Å². The van der Waals surface area contributed by atoms with Crippen LogP contribution >= 0.6 is 0 Å². The molecule has 0 aromatic heterocycles. The van der Waals surface area contributed by atoms with Crippen molar-refractivity contribution in [1.29, 1.82) is 5.41 Å². The number of phenols is 1. The number of carbonyl (C=O) groups is 1. The Hall–Kier alpha value is -3.29. The lowest BCUT2D eigenvalue weighted by molar-refractivity contribution is 0.0962. The van der Waals surface area contributed by atoms with Gasteiger partial charge in [-0.1, -0.05) is 20.8 Å². The maximum Gasteiger partial charge on any atom is 0.197 e. The molecule has 0 radical (unpaired) electrons.